The summed E-state index contributed by atoms with van der Waals surface area (Å²) in [5.41, 5.74) is 1.56. The number of β-amino-alcohol motifs (C(OH)–C–C–N with tert-alkyl or cyclic N) is 1. The Labute approximate surface area is 169 Å². The summed E-state index contributed by atoms with van der Waals surface area (Å²) < 4.78 is 1.82. The maximum absolute atomic E-state index is 12.9. The normalized spacial score (nSPS) is 21.9. The third kappa shape index (κ3) is 3.49. The Morgan fingerprint density at radius 2 is 1.93 bits per heavy atom. The number of aryl methyl sites for hydroxylation is 2. The van der Waals surface area contributed by atoms with Crippen molar-refractivity contribution in [3.63, 3.8) is 0 Å². The lowest BCUT2D eigenvalue weighted by atomic mass is 9.71. The molecule has 1 unspecified atom stereocenters. The van der Waals surface area contributed by atoms with E-state index in [2.05, 4.69) is 0 Å². The van der Waals surface area contributed by atoms with Gasteiger partial charge in [0.2, 0.25) is 0 Å². The second-order valence-electron chi connectivity index (χ2n) is 8.27. The first-order chi connectivity index (χ1) is 13.4. The zero-order chi connectivity index (χ0) is 19.9. The Kier molecular flexibility index (Phi) is 5.05. The molecule has 2 amide bonds. The summed E-state index contributed by atoms with van der Waals surface area (Å²) in [6.07, 6.45) is 3.68. The first-order valence-electron chi connectivity index (χ1n) is 9.81. The SMILES string of the molecule is Cc1ccsc1C(=O)N1CCC2(CC1)CC(O)CN(C(=O)c1cccn1C)C2. The van der Waals surface area contributed by atoms with Crippen molar-refractivity contribution in [2.45, 2.75) is 32.3 Å². The third-order valence-electron chi connectivity index (χ3n) is 6.24. The van der Waals surface area contributed by atoms with Gasteiger partial charge in [-0.25, -0.2) is 0 Å². The monoisotopic (exact) mass is 401 g/mol. The Hall–Kier alpha value is -2.12. The molecule has 1 spiro atoms. The standard InChI is InChI=1S/C21H27N3O3S/c1-15-5-11-28-18(15)20(27)23-9-6-21(7-10-23)12-16(25)13-24(14-21)19(26)17-4-3-8-22(17)2/h3-5,8,11,16,25H,6-7,9-10,12-14H2,1-2H3. The number of aliphatic hydroxyl groups excluding tert-OH is 1. The van der Waals surface area contributed by atoms with E-state index in [4.69, 9.17) is 0 Å². The molecular formula is C21H27N3O3S. The molecule has 6 nitrogen and oxygen atoms in total. The average molecular weight is 402 g/mol. The Balaban J connectivity index is 1.45. The Morgan fingerprint density at radius 1 is 1.18 bits per heavy atom. The number of piperidine rings is 2. The van der Waals surface area contributed by atoms with Crippen molar-refractivity contribution in [1.82, 2.24) is 14.4 Å². The van der Waals surface area contributed by atoms with Crippen LogP contribution in [0.4, 0.5) is 0 Å². The van der Waals surface area contributed by atoms with Gasteiger partial charge in [-0.15, -0.1) is 11.3 Å². The van der Waals surface area contributed by atoms with Crippen molar-refractivity contribution >= 4 is 23.2 Å². The number of thiophene rings is 1. The van der Waals surface area contributed by atoms with E-state index in [0.717, 1.165) is 23.3 Å². The highest BCUT2D eigenvalue weighted by atomic mass is 32.1. The molecule has 2 aliphatic heterocycles. The number of carbonyl (C=O) groups excluding carboxylic acids is 2. The van der Waals surface area contributed by atoms with Crippen LogP contribution in [0.5, 0.6) is 0 Å². The van der Waals surface area contributed by atoms with E-state index in [-0.39, 0.29) is 17.2 Å². The molecule has 1 atom stereocenters. The first kappa shape index (κ1) is 19.2. The molecule has 2 aliphatic rings. The summed E-state index contributed by atoms with van der Waals surface area (Å²) in [6, 6.07) is 5.66. The van der Waals surface area contributed by atoms with Gasteiger partial charge in [-0.05, 0) is 60.7 Å². The molecule has 0 radical (unpaired) electrons. The van der Waals surface area contributed by atoms with Crippen LogP contribution in [0, 0.1) is 12.3 Å². The molecule has 2 aromatic rings. The van der Waals surface area contributed by atoms with Crippen LogP contribution in [0.15, 0.2) is 29.8 Å². The van der Waals surface area contributed by atoms with Gasteiger partial charge in [0.25, 0.3) is 11.8 Å². The molecule has 1 N–H and O–H groups in total. The highest BCUT2D eigenvalue weighted by Crippen LogP contribution is 2.40. The lowest BCUT2D eigenvalue weighted by Gasteiger charge is -2.49. The van der Waals surface area contributed by atoms with Crippen molar-refractivity contribution in [3.05, 3.63) is 45.9 Å². The van der Waals surface area contributed by atoms with E-state index < -0.39 is 6.10 Å². The minimum Gasteiger partial charge on any atom is -0.391 e. The zero-order valence-corrected chi connectivity index (χ0v) is 17.2. The number of nitrogens with zero attached hydrogens (tertiary/aromatic N) is 3. The van der Waals surface area contributed by atoms with Crippen molar-refractivity contribution in [3.8, 4) is 0 Å². The van der Waals surface area contributed by atoms with E-state index in [1.807, 2.05) is 53.2 Å². The quantitative estimate of drug-likeness (QED) is 0.841. The minimum absolute atomic E-state index is 0.0293. The number of rotatable bonds is 2. The van der Waals surface area contributed by atoms with Crippen molar-refractivity contribution in [1.29, 1.82) is 0 Å². The highest BCUT2D eigenvalue weighted by molar-refractivity contribution is 7.12. The van der Waals surface area contributed by atoms with Crippen LogP contribution in [0.25, 0.3) is 0 Å². The number of likely N-dealkylation sites (tertiary alicyclic amines) is 2. The van der Waals surface area contributed by atoms with E-state index in [9.17, 15) is 14.7 Å². The van der Waals surface area contributed by atoms with Gasteiger partial charge in [0.15, 0.2) is 0 Å². The summed E-state index contributed by atoms with van der Waals surface area (Å²) in [5.74, 6) is 0.0776. The number of carbonyl (C=O) groups is 2. The van der Waals surface area contributed by atoms with Crippen LogP contribution < -0.4 is 0 Å². The molecule has 2 fully saturated rings. The second kappa shape index (κ2) is 7.37. The second-order valence-corrected chi connectivity index (χ2v) is 9.19. The molecule has 0 saturated carbocycles. The molecular weight excluding hydrogens is 374 g/mol. The summed E-state index contributed by atoms with van der Waals surface area (Å²) in [4.78, 5) is 30.3. The summed E-state index contributed by atoms with van der Waals surface area (Å²) >= 11 is 1.50. The molecule has 2 saturated heterocycles. The molecule has 28 heavy (non-hydrogen) atoms. The molecule has 0 bridgehead atoms. The number of hydrogen-bond acceptors (Lipinski definition) is 4. The summed E-state index contributed by atoms with van der Waals surface area (Å²) in [7, 11) is 1.86. The van der Waals surface area contributed by atoms with Crippen LogP contribution in [-0.2, 0) is 7.05 Å². The number of hydrogen-bond donors (Lipinski definition) is 1. The predicted molar refractivity (Wildman–Crippen MR) is 109 cm³/mol. The van der Waals surface area contributed by atoms with Gasteiger partial charge < -0.3 is 19.5 Å². The van der Waals surface area contributed by atoms with Crippen LogP contribution in [0.1, 0.15) is 45.0 Å². The van der Waals surface area contributed by atoms with Gasteiger partial charge in [-0.3, -0.25) is 9.59 Å². The van der Waals surface area contributed by atoms with E-state index in [1.165, 1.54) is 11.3 Å². The van der Waals surface area contributed by atoms with Crippen LogP contribution >= 0.6 is 11.3 Å². The van der Waals surface area contributed by atoms with Crippen LogP contribution in [0.2, 0.25) is 0 Å². The molecule has 7 heteroatoms. The van der Waals surface area contributed by atoms with E-state index in [1.54, 1.807) is 4.90 Å². The van der Waals surface area contributed by atoms with Crippen LogP contribution in [0.3, 0.4) is 0 Å². The van der Waals surface area contributed by atoms with Crippen molar-refractivity contribution < 1.29 is 14.7 Å². The van der Waals surface area contributed by atoms with Gasteiger partial charge in [0.05, 0.1) is 11.0 Å². The fraction of sp³-hybridized carbons (Fsp3) is 0.524. The molecule has 150 valence electrons. The number of amides is 2. The van der Waals surface area contributed by atoms with Crippen LogP contribution in [-0.4, -0.2) is 63.6 Å². The average Bonchev–Trinajstić information content (AvgIpc) is 3.28. The first-order valence-corrected chi connectivity index (χ1v) is 10.7. The number of aromatic nitrogens is 1. The van der Waals surface area contributed by atoms with Gasteiger partial charge in [0.1, 0.15) is 5.69 Å². The third-order valence-corrected chi connectivity index (χ3v) is 7.25. The Bertz CT molecular complexity index is 879. The highest BCUT2D eigenvalue weighted by Gasteiger charge is 2.44. The molecule has 0 aromatic carbocycles. The molecule has 4 rings (SSSR count). The van der Waals surface area contributed by atoms with Crippen molar-refractivity contribution in [2.24, 2.45) is 12.5 Å². The van der Waals surface area contributed by atoms with E-state index in [0.29, 0.717) is 38.3 Å². The van der Waals surface area contributed by atoms with E-state index >= 15 is 0 Å². The topological polar surface area (TPSA) is 65.8 Å². The Morgan fingerprint density at radius 3 is 2.54 bits per heavy atom. The largest absolute Gasteiger partial charge is 0.391 e. The van der Waals surface area contributed by atoms with Gasteiger partial charge >= 0.3 is 0 Å². The molecule has 2 aromatic heterocycles. The fourth-order valence-electron chi connectivity index (χ4n) is 4.63. The van der Waals surface area contributed by atoms with Crippen molar-refractivity contribution in [2.75, 3.05) is 26.2 Å². The maximum atomic E-state index is 12.9. The maximum Gasteiger partial charge on any atom is 0.270 e. The molecule has 4 heterocycles. The van der Waals surface area contributed by atoms with Gasteiger partial charge in [-0.1, -0.05) is 0 Å². The number of aliphatic hydroxyl groups is 1. The fourth-order valence-corrected chi connectivity index (χ4v) is 5.53. The summed E-state index contributed by atoms with van der Waals surface area (Å²) in [5, 5.41) is 12.5. The molecule has 0 aliphatic carbocycles. The predicted octanol–water partition coefficient (Wildman–Crippen LogP) is 2.52. The smallest absolute Gasteiger partial charge is 0.270 e. The minimum atomic E-state index is -0.514. The lowest BCUT2D eigenvalue weighted by molar-refractivity contribution is -0.0301. The van der Waals surface area contributed by atoms with Gasteiger partial charge in [0, 0.05) is 39.4 Å². The summed E-state index contributed by atoms with van der Waals surface area (Å²) in [6.45, 7) is 4.35. The lowest BCUT2D eigenvalue weighted by Crippen LogP contribution is -2.56. The zero-order valence-electron chi connectivity index (χ0n) is 16.4. The van der Waals surface area contributed by atoms with Gasteiger partial charge in [-0.2, -0.15) is 0 Å².